The van der Waals surface area contributed by atoms with E-state index in [1.165, 1.54) is 12.8 Å². The van der Waals surface area contributed by atoms with Crippen molar-refractivity contribution in [3.8, 4) is 0 Å². The molecule has 6 nitrogen and oxygen atoms in total. The summed E-state index contributed by atoms with van der Waals surface area (Å²) in [6.45, 7) is 21.7. The van der Waals surface area contributed by atoms with E-state index in [0.717, 1.165) is 90.8 Å². The number of rotatable bonds is 8. The molecule has 5 fully saturated rings. The molecular weight excluding hydrogens is 486 g/mol. The van der Waals surface area contributed by atoms with Crippen LogP contribution in [0.5, 0.6) is 0 Å². The summed E-state index contributed by atoms with van der Waals surface area (Å²) in [5, 5.41) is 41.7. The van der Waals surface area contributed by atoms with Crippen LogP contribution in [-0.2, 0) is 0 Å². The summed E-state index contributed by atoms with van der Waals surface area (Å²) in [5.41, 5.74) is -0.457. The summed E-state index contributed by atoms with van der Waals surface area (Å²) in [6, 6.07) is 0. The minimum atomic E-state index is -0.745. The van der Waals surface area contributed by atoms with Crippen molar-refractivity contribution in [2.45, 2.75) is 117 Å². The maximum atomic E-state index is 11.9. The second-order valence-electron chi connectivity index (χ2n) is 16.1. The highest BCUT2D eigenvalue weighted by Gasteiger charge is 2.71. The molecule has 4 aliphatic carbocycles. The monoisotopic (exact) mass is 547 g/mol. The number of aliphatic hydroxyl groups is 3. The molecule has 10 atom stereocenters. The molecule has 0 aromatic heterocycles. The van der Waals surface area contributed by atoms with Crippen molar-refractivity contribution in [1.82, 2.24) is 15.5 Å². The molecule has 0 aromatic carbocycles. The maximum absolute atomic E-state index is 11.9. The van der Waals surface area contributed by atoms with E-state index in [4.69, 9.17) is 0 Å². The fraction of sp³-hybridized carbons (Fsp3) is 1.00. The first-order chi connectivity index (χ1) is 18.3. The van der Waals surface area contributed by atoms with Crippen LogP contribution in [0.4, 0.5) is 0 Å². The van der Waals surface area contributed by atoms with Crippen LogP contribution in [-0.4, -0.2) is 83.8 Å². The molecule has 5 aliphatic rings. The Bertz CT molecular complexity index is 859. The van der Waals surface area contributed by atoms with Gasteiger partial charge in [-0.1, -0.05) is 34.6 Å². The molecule has 6 heteroatoms. The van der Waals surface area contributed by atoms with Gasteiger partial charge in [-0.3, -0.25) is 4.90 Å². The third-order valence-electron chi connectivity index (χ3n) is 14.0. The van der Waals surface area contributed by atoms with Crippen LogP contribution in [0.15, 0.2) is 0 Å². The summed E-state index contributed by atoms with van der Waals surface area (Å²) in [4.78, 5) is 2.52. The highest BCUT2D eigenvalue weighted by Crippen LogP contribution is 2.75. The van der Waals surface area contributed by atoms with Crippen LogP contribution in [0.3, 0.4) is 0 Å². The third-order valence-corrected chi connectivity index (χ3v) is 14.0. The lowest BCUT2D eigenvalue weighted by molar-refractivity contribution is -0.246. The second kappa shape index (κ2) is 10.8. The first-order valence-corrected chi connectivity index (χ1v) is 16.5. The predicted molar refractivity (Wildman–Crippen MR) is 158 cm³/mol. The highest BCUT2D eigenvalue weighted by molar-refractivity contribution is 5.20. The molecule has 226 valence electrons. The number of piperazine rings is 1. The third kappa shape index (κ3) is 4.95. The molecule has 1 saturated heterocycles. The summed E-state index contributed by atoms with van der Waals surface area (Å²) in [6.07, 6.45) is 8.48. The molecule has 0 bridgehead atoms. The van der Waals surface area contributed by atoms with Gasteiger partial charge in [0.15, 0.2) is 0 Å². The Kier molecular flexibility index (Phi) is 8.36. The molecule has 4 saturated carbocycles. The summed E-state index contributed by atoms with van der Waals surface area (Å²) in [5.74, 6) is 1.29. The summed E-state index contributed by atoms with van der Waals surface area (Å²) < 4.78 is 0. The molecule has 0 amide bonds. The molecule has 0 radical (unpaired) electrons. The zero-order chi connectivity index (χ0) is 28.3. The van der Waals surface area contributed by atoms with Gasteiger partial charge < -0.3 is 26.0 Å². The van der Waals surface area contributed by atoms with Gasteiger partial charge in [-0.2, -0.15) is 0 Å². The first-order valence-electron chi connectivity index (χ1n) is 16.5. The van der Waals surface area contributed by atoms with Gasteiger partial charge >= 0.3 is 0 Å². The topological polar surface area (TPSA) is 88.0 Å². The molecule has 0 aromatic rings. The van der Waals surface area contributed by atoms with Crippen LogP contribution < -0.4 is 10.6 Å². The molecule has 5 N–H and O–H groups in total. The SMILES string of the molecule is CC1(C)C2CC[C@]3(C)C(C[C@@H](O)C4[C@@H]([C@@](C)(O)CCCNCCN5CCNCC5)CC[C@]43C)[C@@]2(C)CC[C@@H]1O. The largest absolute Gasteiger partial charge is 0.393 e. The lowest BCUT2D eigenvalue weighted by Gasteiger charge is -2.70. The second-order valence-corrected chi connectivity index (χ2v) is 16.1. The molecule has 1 aliphatic heterocycles. The fourth-order valence-electron chi connectivity index (χ4n) is 11.5. The number of hydrogen-bond acceptors (Lipinski definition) is 6. The Morgan fingerprint density at radius 1 is 0.897 bits per heavy atom. The standard InChI is InChI=1S/C33H61N3O3/c1-29(2)25-9-14-31(4)26(30(25,3)12-10-27(29)38)22-24(37)28-23(8-13-32(28,31)5)33(6,39)11-7-15-34-16-19-36-20-17-35-18-21-36/h23-28,34-35,37-39H,7-22H2,1-6H3/t23-,24+,25?,26?,27-,28?,30-,31+,32+,33-/m0/s1. The van der Waals surface area contributed by atoms with Crippen LogP contribution >= 0.6 is 0 Å². The Balaban J connectivity index is 1.24. The molecule has 5 rings (SSSR count). The van der Waals surface area contributed by atoms with E-state index in [1.54, 1.807) is 0 Å². The van der Waals surface area contributed by atoms with Gasteiger partial charge in [-0.05, 0) is 117 Å². The lowest BCUT2D eigenvalue weighted by Crippen LogP contribution is -2.66. The van der Waals surface area contributed by atoms with Crippen LogP contribution in [0, 0.1) is 45.3 Å². The minimum Gasteiger partial charge on any atom is -0.393 e. The first kappa shape index (κ1) is 30.2. The van der Waals surface area contributed by atoms with E-state index in [9.17, 15) is 15.3 Å². The lowest BCUT2D eigenvalue weighted by atomic mass is 9.35. The van der Waals surface area contributed by atoms with Crippen molar-refractivity contribution in [3.63, 3.8) is 0 Å². The van der Waals surface area contributed by atoms with Crippen molar-refractivity contribution in [3.05, 3.63) is 0 Å². The van der Waals surface area contributed by atoms with Gasteiger partial charge in [0.2, 0.25) is 0 Å². The maximum Gasteiger partial charge on any atom is 0.0652 e. The average Bonchev–Trinajstić information content (AvgIpc) is 3.27. The van der Waals surface area contributed by atoms with Crippen molar-refractivity contribution < 1.29 is 15.3 Å². The highest BCUT2D eigenvalue weighted by atomic mass is 16.3. The van der Waals surface area contributed by atoms with E-state index in [0.29, 0.717) is 11.8 Å². The molecule has 3 unspecified atom stereocenters. The van der Waals surface area contributed by atoms with Crippen molar-refractivity contribution in [1.29, 1.82) is 0 Å². The van der Waals surface area contributed by atoms with Crippen molar-refractivity contribution in [2.75, 3.05) is 45.8 Å². The minimum absolute atomic E-state index is 0.0414. The summed E-state index contributed by atoms with van der Waals surface area (Å²) in [7, 11) is 0. The van der Waals surface area contributed by atoms with Crippen LogP contribution in [0.2, 0.25) is 0 Å². The number of nitrogens with zero attached hydrogens (tertiary/aromatic N) is 1. The molecular formula is C33H61N3O3. The zero-order valence-corrected chi connectivity index (χ0v) is 26.1. The van der Waals surface area contributed by atoms with E-state index in [2.05, 4.69) is 57.1 Å². The number of aliphatic hydroxyl groups excluding tert-OH is 2. The van der Waals surface area contributed by atoms with Gasteiger partial charge in [0.25, 0.3) is 0 Å². The normalized spacial score (nSPS) is 47.6. The molecule has 1 heterocycles. The smallest absolute Gasteiger partial charge is 0.0652 e. The van der Waals surface area contributed by atoms with E-state index in [-0.39, 0.29) is 45.7 Å². The molecule has 39 heavy (non-hydrogen) atoms. The Hall–Kier alpha value is -0.240. The van der Waals surface area contributed by atoms with Gasteiger partial charge in [0, 0.05) is 39.3 Å². The predicted octanol–water partition coefficient (Wildman–Crippen LogP) is 4.03. The van der Waals surface area contributed by atoms with Crippen molar-refractivity contribution in [2.24, 2.45) is 45.3 Å². The van der Waals surface area contributed by atoms with Gasteiger partial charge in [-0.25, -0.2) is 0 Å². The number of hydrogen-bond donors (Lipinski definition) is 5. The summed E-state index contributed by atoms with van der Waals surface area (Å²) >= 11 is 0. The van der Waals surface area contributed by atoms with E-state index < -0.39 is 5.60 Å². The van der Waals surface area contributed by atoms with E-state index >= 15 is 0 Å². The van der Waals surface area contributed by atoms with Crippen LogP contribution in [0.25, 0.3) is 0 Å². The average molecular weight is 548 g/mol. The fourth-order valence-corrected chi connectivity index (χ4v) is 11.5. The quantitative estimate of drug-likeness (QED) is 0.295. The Labute approximate surface area is 239 Å². The van der Waals surface area contributed by atoms with Gasteiger partial charge in [0.05, 0.1) is 17.8 Å². The van der Waals surface area contributed by atoms with E-state index in [1.807, 2.05) is 0 Å². The number of nitrogens with one attached hydrogen (secondary N) is 2. The Morgan fingerprint density at radius 2 is 1.59 bits per heavy atom. The number of fused-ring (bicyclic) bond motifs is 5. The van der Waals surface area contributed by atoms with Crippen LogP contribution in [0.1, 0.15) is 99.3 Å². The van der Waals surface area contributed by atoms with Gasteiger partial charge in [0.1, 0.15) is 0 Å². The molecule has 0 spiro atoms. The Morgan fingerprint density at radius 3 is 2.31 bits per heavy atom. The van der Waals surface area contributed by atoms with Gasteiger partial charge in [-0.15, -0.1) is 0 Å². The zero-order valence-electron chi connectivity index (χ0n) is 26.1. The van der Waals surface area contributed by atoms with Crippen molar-refractivity contribution >= 4 is 0 Å².